The zero-order valence-electron chi connectivity index (χ0n) is 10.7. The van der Waals surface area contributed by atoms with Crippen molar-refractivity contribution in [3.8, 4) is 0 Å². The Balaban J connectivity index is 1.65. The predicted octanol–water partition coefficient (Wildman–Crippen LogP) is 3.36. The molecule has 0 atom stereocenters. The van der Waals surface area contributed by atoms with E-state index in [-0.39, 0.29) is 5.91 Å². The van der Waals surface area contributed by atoms with Gasteiger partial charge in [0, 0.05) is 0 Å². The Morgan fingerprint density at radius 1 is 1.30 bits per heavy atom. The molecule has 4 nitrogen and oxygen atoms in total. The van der Waals surface area contributed by atoms with E-state index >= 15 is 0 Å². The molecular formula is C15H13N3OS. The highest BCUT2D eigenvalue weighted by atomic mass is 32.1. The van der Waals surface area contributed by atoms with E-state index in [0.717, 1.165) is 15.9 Å². The molecule has 1 fully saturated rings. The molecule has 0 unspecified atom stereocenters. The van der Waals surface area contributed by atoms with Crippen LogP contribution in [0.3, 0.4) is 0 Å². The number of para-hydroxylation sites is 2. The van der Waals surface area contributed by atoms with Gasteiger partial charge in [-0.25, -0.2) is 9.66 Å². The van der Waals surface area contributed by atoms with Crippen LogP contribution in [0.2, 0.25) is 0 Å². The minimum absolute atomic E-state index is 0.0509. The van der Waals surface area contributed by atoms with Crippen molar-refractivity contribution in [1.82, 2.24) is 9.66 Å². The van der Waals surface area contributed by atoms with Crippen molar-refractivity contribution in [2.75, 3.05) is 5.43 Å². The third kappa shape index (κ3) is 1.91. The zero-order chi connectivity index (χ0) is 13.5. The van der Waals surface area contributed by atoms with Gasteiger partial charge in [-0.15, -0.1) is 11.3 Å². The molecule has 1 aliphatic carbocycles. The first-order chi connectivity index (χ1) is 9.83. The Bertz CT molecular complexity index is 785. The molecule has 0 aliphatic heterocycles. The number of benzene rings is 1. The van der Waals surface area contributed by atoms with Crippen LogP contribution in [0.15, 0.2) is 42.0 Å². The second-order valence-corrected chi connectivity index (χ2v) is 5.94. The molecule has 0 saturated heterocycles. The number of hydrogen-bond donors (Lipinski definition) is 1. The van der Waals surface area contributed by atoms with Gasteiger partial charge in [-0.1, -0.05) is 12.1 Å². The van der Waals surface area contributed by atoms with Gasteiger partial charge in [0.05, 0.1) is 15.9 Å². The molecule has 0 radical (unpaired) electrons. The van der Waals surface area contributed by atoms with Gasteiger partial charge in [0.2, 0.25) is 0 Å². The van der Waals surface area contributed by atoms with Crippen LogP contribution in [0, 0.1) is 0 Å². The molecule has 1 aliphatic rings. The van der Waals surface area contributed by atoms with Gasteiger partial charge in [-0.05, 0) is 47.9 Å². The average molecular weight is 283 g/mol. The molecule has 2 aromatic heterocycles. The van der Waals surface area contributed by atoms with E-state index < -0.39 is 0 Å². The third-order valence-corrected chi connectivity index (χ3v) is 4.52. The van der Waals surface area contributed by atoms with Crippen molar-refractivity contribution in [1.29, 1.82) is 0 Å². The predicted molar refractivity (Wildman–Crippen MR) is 79.7 cm³/mol. The number of hydrogen-bond acceptors (Lipinski definition) is 3. The van der Waals surface area contributed by atoms with Crippen molar-refractivity contribution >= 4 is 28.3 Å². The lowest BCUT2D eigenvalue weighted by Gasteiger charge is -2.07. The van der Waals surface area contributed by atoms with Crippen LogP contribution < -0.4 is 5.43 Å². The van der Waals surface area contributed by atoms with Gasteiger partial charge in [-0.3, -0.25) is 10.2 Å². The number of fused-ring (bicyclic) bond motifs is 1. The van der Waals surface area contributed by atoms with Crippen LogP contribution in [-0.4, -0.2) is 15.6 Å². The van der Waals surface area contributed by atoms with Gasteiger partial charge in [0.15, 0.2) is 0 Å². The summed E-state index contributed by atoms with van der Waals surface area (Å²) in [5, 5.41) is 1.99. The van der Waals surface area contributed by atoms with Crippen LogP contribution in [0.1, 0.15) is 34.0 Å². The molecule has 2 heterocycles. The highest BCUT2D eigenvalue weighted by molar-refractivity contribution is 7.12. The van der Waals surface area contributed by atoms with Gasteiger partial charge in [0.1, 0.15) is 6.33 Å². The maximum atomic E-state index is 12.4. The smallest absolute Gasteiger partial charge is 0.266 e. The number of aromatic nitrogens is 2. The minimum Gasteiger partial charge on any atom is -0.266 e. The summed E-state index contributed by atoms with van der Waals surface area (Å²) in [6.07, 6.45) is 4.04. The summed E-state index contributed by atoms with van der Waals surface area (Å²) in [6, 6.07) is 9.82. The molecule has 20 heavy (non-hydrogen) atoms. The third-order valence-electron chi connectivity index (χ3n) is 3.59. The molecule has 1 N–H and O–H groups in total. The van der Waals surface area contributed by atoms with E-state index in [1.165, 1.54) is 29.7 Å². The summed E-state index contributed by atoms with van der Waals surface area (Å²) in [6.45, 7) is 0. The number of carbonyl (C=O) groups excluding carboxylic acids is 1. The summed E-state index contributed by atoms with van der Waals surface area (Å²) >= 11 is 1.51. The fourth-order valence-corrected chi connectivity index (χ4v) is 3.30. The molecule has 3 aromatic rings. The molecule has 0 bridgehead atoms. The number of nitrogens with one attached hydrogen (secondary N) is 1. The maximum absolute atomic E-state index is 12.4. The highest BCUT2D eigenvalue weighted by Crippen LogP contribution is 2.43. The lowest BCUT2D eigenvalue weighted by Crippen LogP contribution is -2.22. The fourth-order valence-electron chi connectivity index (χ4n) is 2.43. The van der Waals surface area contributed by atoms with Crippen molar-refractivity contribution in [2.45, 2.75) is 18.8 Å². The van der Waals surface area contributed by atoms with E-state index in [9.17, 15) is 4.79 Å². The van der Waals surface area contributed by atoms with Crippen LogP contribution in [0.25, 0.3) is 11.0 Å². The van der Waals surface area contributed by atoms with Gasteiger partial charge >= 0.3 is 0 Å². The van der Waals surface area contributed by atoms with E-state index in [1.54, 1.807) is 11.0 Å². The highest BCUT2D eigenvalue weighted by Gasteiger charge is 2.29. The number of carbonyl (C=O) groups is 1. The quantitative estimate of drug-likeness (QED) is 0.801. The summed E-state index contributed by atoms with van der Waals surface area (Å²) < 4.78 is 1.69. The Morgan fingerprint density at radius 2 is 2.15 bits per heavy atom. The Labute approximate surface area is 120 Å². The van der Waals surface area contributed by atoms with E-state index in [4.69, 9.17) is 0 Å². The molecule has 1 aromatic carbocycles. The van der Waals surface area contributed by atoms with Gasteiger partial charge in [-0.2, -0.15) is 0 Å². The van der Waals surface area contributed by atoms with E-state index in [0.29, 0.717) is 5.92 Å². The van der Waals surface area contributed by atoms with Crippen LogP contribution in [-0.2, 0) is 0 Å². The van der Waals surface area contributed by atoms with Crippen molar-refractivity contribution < 1.29 is 4.79 Å². The number of rotatable bonds is 3. The molecule has 1 amide bonds. The number of imidazole rings is 1. The van der Waals surface area contributed by atoms with Crippen molar-refractivity contribution in [2.24, 2.45) is 0 Å². The summed E-state index contributed by atoms with van der Waals surface area (Å²) in [5.74, 6) is 0.534. The van der Waals surface area contributed by atoms with E-state index in [2.05, 4.69) is 16.5 Å². The average Bonchev–Trinajstić information content (AvgIpc) is 3.06. The number of thiophene rings is 1. The van der Waals surface area contributed by atoms with E-state index in [1.807, 2.05) is 29.6 Å². The standard InChI is InChI=1S/C15H13N3OS/c19-15(14-11(7-8-20-14)10-5-6-10)17-18-9-16-12-3-1-2-4-13(12)18/h1-4,7-10H,5-6H2,(H,17,19). The first-order valence-corrected chi connectivity index (χ1v) is 7.52. The minimum atomic E-state index is -0.0509. The molecule has 100 valence electrons. The summed E-state index contributed by atoms with van der Waals surface area (Å²) in [5.41, 5.74) is 5.89. The van der Waals surface area contributed by atoms with Crippen LogP contribution in [0.4, 0.5) is 0 Å². The normalized spacial score (nSPS) is 14.6. The maximum Gasteiger partial charge on any atom is 0.280 e. The van der Waals surface area contributed by atoms with Gasteiger partial charge in [0.25, 0.3) is 5.91 Å². The Morgan fingerprint density at radius 3 is 3.00 bits per heavy atom. The molecule has 5 heteroatoms. The van der Waals surface area contributed by atoms with Crippen LogP contribution >= 0.6 is 11.3 Å². The second kappa shape index (κ2) is 4.45. The number of amides is 1. The number of nitrogens with zero attached hydrogens (tertiary/aromatic N) is 2. The summed E-state index contributed by atoms with van der Waals surface area (Å²) in [4.78, 5) is 17.5. The molecule has 4 rings (SSSR count). The topological polar surface area (TPSA) is 46.9 Å². The lowest BCUT2D eigenvalue weighted by molar-refractivity contribution is 0.101. The monoisotopic (exact) mass is 283 g/mol. The first kappa shape index (κ1) is 11.7. The van der Waals surface area contributed by atoms with Gasteiger partial charge < -0.3 is 0 Å². The molecule has 1 saturated carbocycles. The Kier molecular flexibility index (Phi) is 2.60. The summed E-state index contributed by atoms with van der Waals surface area (Å²) in [7, 11) is 0. The second-order valence-electron chi connectivity index (χ2n) is 5.02. The van der Waals surface area contributed by atoms with Crippen molar-refractivity contribution in [3.63, 3.8) is 0 Å². The Hall–Kier alpha value is -2.14. The largest absolute Gasteiger partial charge is 0.280 e. The fraction of sp³-hybridized carbons (Fsp3) is 0.200. The van der Waals surface area contributed by atoms with Crippen molar-refractivity contribution in [3.05, 3.63) is 52.5 Å². The molecule has 0 spiro atoms. The lowest BCUT2D eigenvalue weighted by atomic mass is 10.1. The van der Waals surface area contributed by atoms with Crippen LogP contribution in [0.5, 0.6) is 0 Å². The first-order valence-electron chi connectivity index (χ1n) is 6.64. The molecular weight excluding hydrogens is 270 g/mol. The SMILES string of the molecule is O=C(Nn1cnc2ccccc21)c1sccc1C1CC1. The zero-order valence-corrected chi connectivity index (χ0v) is 11.6.